The second-order valence-electron chi connectivity index (χ2n) is 7.97. The number of amides is 1. The van der Waals surface area contributed by atoms with Crippen LogP contribution in [0, 0.1) is 10.7 Å². The Morgan fingerprint density at radius 1 is 1.32 bits per heavy atom. The highest BCUT2D eigenvalue weighted by Crippen LogP contribution is 2.39. The third-order valence-electron chi connectivity index (χ3n) is 5.92. The zero-order valence-corrected chi connectivity index (χ0v) is 18.1. The molecule has 1 aromatic heterocycles. The zero-order chi connectivity index (χ0) is 24.6. The third kappa shape index (κ3) is 3.85. The molecule has 0 bridgehead atoms. The molecule has 11 heteroatoms. The summed E-state index contributed by atoms with van der Waals surface area (Å²) in [5.41, 5.74) is 5.59. The number of carboxylic acid groups (broad SMARTS) is 1. The molecule has 1 aliphatic rings. The van der Waals surface area contributed by atoms with Gasteiger partial charge in [0.05, 0.1) is 22.3 Å². The Kier molecular flexibility index (Phi) is 6.01. The van der Waals surface area contributed by atoms with Crippen molar-refractivity contribution in [3.63, 3.8) is 0 Å². The second kappa shape index (κ2) is 8.93. The van der Waals surface area contributed by atoms with Crippen LogP contribution in [0.4, 0.5) is 15.8 Å². The molecule has 0 spiro atoms. The van der Waals surface area contributed by atoms with E-state index < -0.39 is 34.4 Å². The normalized spacial score (nSPS) is 14.6. The van der Waals surface area contributed by atoms with Gasteiger partial charge in [-0.05, 0) is 44.0 Å². The molecular weight excluding hydrogens is 447 g/mol. The van der Waals surface area contributed by atoms with E-state index in [2.05, 4.69) is 10.5 Å². The van der Waals surface area contributed by atoms with E-state index in [1.807, 2.05) is 6.92 Å². The number of hydrogen-bond donors (Lipinski definition) is 3. The molecule has 0 fully saturated rings. The predicted octanol–water partition coefficient (Wildman–Crippen LogP) is 3.33. The van der Waals surface area contributed by atoms with E-state index in [1.54, 1.807) is 4.57 Å². The second-order valence-corrected chi connectivity index (χ2v) is 7.97. The minimum Gasteiger partial charge on any atom is -0.492 e. The average molecular weight is 468 g/mol. The number of ether oxygens (including phenoxy) is 1. The van der Waals surface area contributed by atoms with E-state index in [0.717, 1.165) is 0 Å². The number of benzene rings is 2. The number of nitroso groups, excluding NO2 is 1. The molecule has 10 nitrogen and oxygen atoms in total. The van der Waals surface area contributed by atoms with E-state index in [-0.39, 0.29) is 35.8 Å². The van der Waals surface area contributed by atoms with Gasteiger partial charge in [-0.3, -0.25) is 9.59 Å². The van der Waals surface area contributed by atoms with Crippen LogP contribution in [-0.4, -0.2) is 34.7 Å². The number of hydrogen-bond acceptors (Lipinski definition) is 7. The lowest BCUT2D eigenvalue weighted by molar-refractivity contribution is 0.0694. The van der Waals surface area contributed by atoms with Crippen molar-refractivity contribution in [1.29, 1.82) is 0 Å². The monoisotopic (exact) mass is 468 g/mol. The first kappa shape index (κ1) is 22.9. The van der Waals surface area contributed by atoms with Crippen molar-refractivity contribution < 1.29 is 23.8 Å². The Morgan fingerprint density at radius 3 is 2.68 bits per heavy atom. The van der Waals surface area contributed by atoms with Crippen LogP contribution in [0.3, 0.4) is 0 Å². The number of nitrogens with two attached hydrogens (primary N) is 1. The lowest BCUT2D eigenvalue weighted by Crippen LogP contribution is -2.26. The summed E-state index contributed by atoms with van der Waals surface area (Å²) in [7, 11) is 0. The van der Waals surface area contributed by atoms with E-state index in [4.69, 9.17) is 10.5 Å². The Balaban J connectivity index is 1.62. The van der Waals surface area contributed by atoms with Crippen LogP contribution in [0.1, 0.15) is 45.7 Å². The molecule has 1 atom stereocenters. The van der Waals surface area contributed by atoms with E-state index in [9.17, 15) is 24.4 Å². The van der Waals surface area contributed by atoms with Gasteiger partial charge in [0.1, 0.15) is 17.9 Å². The number of aromatic nitrogens is 1. The van der Waals surface area contributed by atoms with Crippen LogP contribution in [0.5, 0.6) is 5.75 Å². The number of nitrogen functional groups attached to an aromatic ring is 1. The standard InChI is InChI=1S/C23H21FN4O6/c1-11-2-7-14-19(26-8-9-34-13-5-3-12(4-6-13)22(30)27-33)17(24)18(25)16-20(14)28(11)10-15(21(16)29)23(31)32/h3-6,10-11,26H,2,7-9,25H2,1H3,(H,31,32)/t11-/m0/s1. The molecule has 0 radical (unpaired) electrons. The fourth-order valence-electron chi connectivity index (χ4n) is 4.20. The first-order valence-electron chi connectivity index (χ1n) is 10.5. The third-order valence-corrected chi connectivity index (χ3v) is 5.92. The number of carbonyl (C=O) groups excluding carboxylic acids is 1. The minimum absolute atomic E-state index is 0.0981. The number of anilines is 2. The van der Waals surface area contributed by atoms with E-state index in [0.29, 0.717) is 29.7 Å². The molecule has 4 N–H and O–H groups in total. The molecule has 3 aromatic rings. The number of aromatic carboxylic acids is 1. The van der Waals surface area contributed by atoms with Gasteiger partial charge in [0.25, 0.3) is 0 Å². The van der Waals surface area contributed by atoms with Crippen molar-refractivity contribution in [2.45, 2.75) is 25.8 Å². The molecule has 176 valence electrons. The first-order valence-corrected chi connectivity index (χ1v) is 10.5. The Labute approximate surface area is 192 Å². The lowest BCUT2D eigenvalue weighted by Gasteiger charge is -2.29. The maximum Gasteiger partial charge on any atom is 0.341 e. The fraction of sp³-hybridized carbons (Fsp3) is 0.261. The molecule has 0 saturated carbocycles. The van der Waals surface area contributed by atoms with Gasteiger partial charge in [-0.2, -0.15) is 0 Å². The number of nitrogens with zero attached hydrogens (tertiary/aromatic N) is 2. The highest BCUT2D eigenvalue weighted by Gasteiger charge is 2.29. The molecule has 1 aliphatic heterocycles. The highest BCUT2D eigenvalue weighted by atomic mass is 19.1. The Bertz CT molecular complexity index is 1380. The topological polar surface area (TPSA) is 153 Å². The summed E-state index contributed by atoms with van der Waals surface area (Å²) in [5, 5.41) is 14.6. The molecule has 0 saturated heterocycles. The average Bonchev–Trinajstić information content (AvgIpc) is 2.83. The van der Waals surface area contributed by atoms with Crippen molar-refractivity contribution >= 4 is 34.2 Å². The smallest absolute Gasteiger partial charge is 0.341 e. The molecule has 2 heterocycles. The number of carboxylic acids is 1. The van der Waals surface area contributed by atoms with Crippen LogP contribution >= 0.6 is 0 Å². The van der Waals surface area contributed by atoms with Gasteiger partial charge in [0.2, 0.25) is 5.43 Å². The molecule has 1 amide bonds. The predicted molar refractivity (Wildman–Crippen MR) is 123 cm³/mol. The molecule has 0 aliphatic carbocycles. The van der Waals surface area contributed by atoms with Crippen LogP contribution < -0.4 is 21.2 Å². The quantitative estimate of drug-likeness (QED) is 0.271. The number of pyridine rings is 1. The van der Waals surface area contributed by atoms with Crippen LogP contribution in [0.25, 0.3) is 10.9 Å². The largest absolute Gasteiger partial charge is 0.492 e. The summed E-state index contributed by atoms with van der Waals surface area (Å²) in [6.45, 7) is 2.22. The van der Waals surface area contributed by atoms with Crippen molar-refractivity contribution in [3.8, 4) is 5.75 Å². The Morgan fingerprint density at radius 2 is 2.03 bits per heavy atom. The van der Waals surface area contributed by atoms with Crippen LogP contribution in [-0.2, 0) is 6.42 Å². The summed E-state index contributed by atoms with van der Waals surface area (Å²) >= 11 is 0. The fourth-order valence-corrected chi connectivity index (χ4v) is 4.20. The van der Waals surface area contributed by atoms with Gasteiger partial charge in [-0.15, -0.1) is 4.91 Å². The maximum atomic E-state index is 15.3. The number of rotatable bonds is 7. The zero-order valence-electron chi connectivity index (χ0n) is 18.1. The minimum atomic E-state index is -1.39. The van der Waals surface area contributed by atoms with E-state index >= 15 is 4.39 Å². The lowest BCUT2D eigenvalue weighted by atomic mass is 9.93. The summed E-state index contributed by atoms with van der Waals surface area (Å²) in [6.07, 6.45) is 2.39. The maximum absolute atomic E-state index is 15.3. The van der Waals surface area contributed by atoms with Crippen molar-refractivity contribution in [3.05, 3.63) is 68.1 Å². The number of nitrogens with one attached hydrogen (secondary N) is 1. The number of aryl methyl sites for hydroxylation is 1. The molecule has 0 unspecified atom stereocenters. The molecule has 2 aromatic carbocycles. The molecular formula is C23H21FN4O6. The van der Waals surface area contributed by atoms with Crippen molar-refractivity contribution in [1.82, 2.24) is 4.57 Å². The summed E-state index contributed by atoms with van der Waals surface area (Å²) < 4.78 is 22.5. The summed E-state index contributed by atoms with van der Waals surface area (Å²) in [4.78, 5) is 45.9. The highest BCUT2D eigenvalue weighted by molar-refractivity contribution is 6.01. The summed E-state index contributed by atoms with van der Waals surface area (Å²) in [6, 6.07) is 5.74. The first-order chi connectivity index (χ1) is 16.2. The van der Waals surface area contributed by atoms with Gasteiger partial charge in [0, 0.05) is 35.1 Å². The Hall–Kier alpha value is -4.28. The van der Waals surface area contributed by atoms with Gasteiger partial charge in [-0.25, -0.2) is 9.18 Å². The SMILES string of the molecule is C[C@H]1CCc2c(NCCOc3ccc(C(=O)N=O)cc3)c(F)c(N)c3c(=O)c(C(=O)O)cn1c23. The van der Waals surface area contributed by atoms with Gasteiger partial charge in [-0.1, -0.05) is 0 Å². The van der Waals surface area contributed by atoms with Gasteiger partial charge >= 0.3 is 11.9 Å². The molecule has 34 heavy (non-hydrogen) atoms. The molecule has 4 rings (SSSR count). The van der Waals surface area contributed by atoms with Gasteiger partial charge in [0.15, 0.2) is 5.82 Å². The van der Waals surface area contributed by atoms with Crippen molar-refractivity contribution in [2.24, 2.45) is 5.18 Å². The van der Waals surface area contributed by atoms with Gasteiger partial charge < -0.3 is 25.5 Å². The van der Waals surface area contributed by atoms with Crippen LogP contribution in [0.15, 0.2) is 40.4 Å². The van der Waals surface area contributed by atoms with E-state index in [1.165, 1.54) is 30.5 Å². The van der Waals surface area contributed by atoms with Crippen LogP contribution in [0.2, 0.25) is 0 Å². The van der Waals surface area contributed by atoms with Crippen molar-refractivity contribution in [2.75, 3.05) is 24.2 Å². The number of carbonyl (C=O) groups is 2. The summed E-state index contributed by atoms with van der Waals surface area (Å²) in [5.74, 6) is -2.65. The number of halogens is 1.